The molecule has 2 atom stereocenters. The first-order valence-corrected chi connectivity index (χ1v) is 7.00. The normalized spacial score (nSPS) is 14.4. The highest BCUT2D eigenvalue weighted by Crippen LogP contribution is 2.26. The Morgan fingerprint density at radius 2 is 1.79 bits per heavy atom. The molecule has 0 heterocycles. The summed E-state index contributed by atoms with van der Waals surface area (Å²) in [6.45, 7) is 8.51. The van der Waals surface area contributed by atoms with Gasteiger partial charge in [-0.05, 0) is 19.8 Å². The van der Waals surface area contributed by atoms with Crippen molar-refractivity contribution in [2.75, 3.05) is 0 Å². The van der Waals surface area contributed by atoms with Crippen molar-refractivity contribution >= 4 is 5.69 Å². The lowest BCUT2D eigenvalue weighted by atomic mass is 9.94. The van der Waals surface area contributed by atoms with Gasteiger partial charge in [-0.1, -0.05) is 44.9 Å². The third kappa shape index (κ3) is 4.03. The number of nitro benzene ring substituents is 1. The highest BCUT2D eigenvalue weighted by Gasteiger charge is 2.21. The molecule has 0 spiro atoms. The van der Waals surface area contributed by atoms with Crippen LogP contribution >= 0.6 is 0 Å². The van der Waals surface area contributed by atoms with Crippen LogP contribution in [0.4, 0.5) is 5.69 Å². The molecule has 0 radical (unpaired) electrons. The summed E-state index contributed by atoms with van der Waals surface area (Å²) in [6, 6.07) is 7.29. The van der Waals surface area contributed by atoms with E-state index in [-0.39, 0.29) is 16.7 Å². The fourth-order valence-corrected chi connectivity index (χ4v) is 2.64. The predicted molar refractivity (Wildman–Crippen MR) is 78.2 cm³/mol. The van der Waals surface area contributed by atoms with Gasteiger partial charge in [0.15, 0.2) is 0 Å². The molecule has 0 aromatic heterocycles. The molecule has 0 fully saturated rings. The lowest BCUT2D eigenvalue weighted by Gasteiger charge is -2.26. The lowest BCUT2D eigenvalue weighted by molar-refractivity contribution is -0.385. The third-order valence-corrected chi connectivity index (χ3v) is 3.87. The summed E-state index contributed by atoms with van der Waals surface area (Å²) in [5, 5.41) is 14.5. The second-order valence-electron chi connectivity index (χ2n) is 5.07. The molecule has 1 aromatic rings. The number of rotatable bonds is 7. The van der Waals surface area contributed by atoms with Gasteiger partial charge in [-0.15, -0.1) is 0 Å². The van der Waals surface area contributed by atoms with Gasteiger partial charge < -0.3 is 5.32 Å². The van der Waals surface area contributed by atoms with Gasteiger partial charge in [0.1, 0.15) is 0 Å². The number of para-hydroxylation sites is 1. The quantitative estimate of drug-likeness (QED) is 0.596. The van der Waals surface area contributed by atoms with Crippen LogP contribution in [0.25, 0.3) is 0 Å². The van der Waals surface area contributed by atoms with Gasteiger partial charge in [-0.25, -0.2) is 0 Å². The van der Waals surface area contributed by atoms with Gasteiger partial charge in [-0.3, -0.25) is 10.1 Å². The summed E-state index contributed by atoms with van der Waals surface area (Å²) in [4.78, 5) is 10.7. The Labute approximate surface area is 115 Å². The van der Waals surface area contributed by atoms with Crippen molar-refractivity contribution in [1.29, 1.82) is 0 Å². The smallest absolute Gasteiger partial charge is 0.274 e. The molecule has 0 aliphatic carbocycles. The minimum absolute atomic E-state index is 0.0165. The van der Waals surface area contributed by atoms with Crippen molar-refractivity contribution in [2.45, 2.75) is 52.6 Å². The highest BCUT2D eigenvalue weighted by molar-refractivity contribution is 5.41. The molecular formula is C15H24N2O2. The van der Waals surface area contributed by atoms with E-state index in [0.29, 0.717) is 12.0 Å². The van der Waals surface area contributed by atoms with Crippen LogP contribution in [0.1, 0.15) is 52.1 Å². The summed E-state index contributed by atoms with van der Waals surface area (Å²) < 4.78 is 0. The summed E-state index contributed by atoms with van der Waals surface area (Å²) in [7, 11) is 0. The molecule has 4 nitrogen and oxygen atoms in total. The molecule has 0 bridgehead atoms. The highest BCUT2D eigenvalue weighted by atomic mass is 16.6. The maximum atomic E-state index is 11.0. The second kappa shape index (κ2) is 7.24. The van der Waals surface area contributed by atoms with Gasteiger partial charge in [0.25, 0.3) is 5.69 Å². The zero-order valence-corrected chi connectivity index (χ0v) is 12.2. The van der Waals surface area contributed by atoms with Crippen LogP contribution in [0.2, 0.25) is 0 Å². The average Bonchev–Trinajstić information content (AvgIpc) is 2.40. The lowest BCUT2D eigenvalue weighted by Crippen LogP contribution is -2.35. The van der Waals surface area contributed by atoms with Crippen molar-refractivity contribution in [3.05, 3.63) is 39.9 Å². The maximum absolute atomic E-state index is 11.0. The van der Waals surface area contributed by atoms with E-state index in [1.165, 1.54) is 0 Å². The minimum Gasteiger partial charge on any atom is -0.307 e. The number of hydrogen-bond acceptors (Lipinski definition) is 3. The fraction of sp³-hybridized carbons (Fsp3) is 0.600. The van der Waals surface area contributed by atoms with Crippen LogP contribution < -0.4 is 5.32 Å². The third-order valence-electron chi connectivity index (χ3n) is 3.87. The van der Waals surface area contributed by atoms with Gasteiger partial charge >= 0.3 is 0 Å². The molecule has 0 amide bonds. The Kier molecular flexibility index (Phi) is 5.96. The number of hydrogen-bond donors (Lipinski definition) is 1. The largest absolute Gasteiger partial charge is 0.307 e. The minimum atomic E-state index is -0.310. The monoisotopic (exact) mass is 264 g/mol. The van der Waals surface area contributed by atoms with Gasteiger partial charge in [0.05, 0.1) is 4.92 Å². The van der Waals surface area contributed by atoms with Crippen LogP contribution in [-0.4, -0.2) is 11.0 Å². The molecule has 1 rings (SSSR count). The summed E-state index contributed by atoms with van der Waals surface area (Å²) in [5.41, 5.74) is 0.949. The summed E-state index contributed by atoms with van der Waals surface area (Å²) >= 11 is 0. The Bertz CT molecular complexity index is 416. The summed E-state index contributed by atoms with van der Waals surface area (Å²) in [6.07, 6.45) is 2.24. The molecule has 1 aromatic carbocycles. The Balaban J connectivity index is 2.83. The molecule has 0 saturated heterocycles. The second-order valence-corrected chi connectivity index (χ2v) is 5.07. The van der Waals surface area contributed by atoms with E-state index in [0.717, 1.165) is 18.4 Å². The average molecular weight is 264 g/mol. The zero-order chi connectivity index (χ0) is 14.4. The SMILES string of the molecule is CCC(CC)C(C)NC(C)c1ccccc1[N+](=O)[O-]. The first-order chi connectivity index (χ1) is 9.01. The molecule has 106 valence electrons. The molecule has 4 heteroatoms. The van der Waals surface area contributed by atoms with Crippen molar-refractivity contribution in [2.24, 2.45) is 5.92 Å². The molecule has 0 aliphatic rings. The molecule has 0 saturated carbocycles. The maximum Gasteiger partial charge on any atom is 0.274 e. The standard InChI is InChI=1S/C15H24N2O2/c1-5-13(6-2)11(3)16-12(4)14-9-7-8-10-15(14)17(18)19/h7-13,16H,5-6H2,1-4H3. The molecule has 19 heavy (non-hydrogen) atoms. The molecule has 1 N–H and O–H groups in total. The van der Waals surface area contributed by atoms with E-state index in [2.05, 4.69) is 26.1 Å². The predicted octanol–water partition coefficient (Wildman–Crippen LogP) is 4.07. The summed E-state index contributed by atoms with van der Waals surface area (Å²) in [5.74, 6) is 0.602. The fourth-order valence-electron chi connectivity index (χ4n) is 2.64. The van der Waals surface area contributed by atoms with Crippen LogP contribution in [-0.2, 0) is 0 Å². The Morgan fingerprint density at radius 3 is 2.32 bits per heavy atom. The molecular weight excluding hydrogens is 240 g/mol. The van der Waals surface area contributed by atoms with E-state index in [1.807, 2.05) is 19.1 Å². The van der Waals surface area contributed by atoms with Crippen molar-refractivity contribution in [3.63, 3.8) is 0 Å². The molecule has 0 aliphatic heterocycles. The zero-order valence-electron chi connectivity index (χ0n) is 12.2. The van der Waals surface area contributed by atoms with E-state index in [1.54, 1.807) is 12.1 Å². The van der Waals surface area contributed by atoms with Crippen LogP contribution in [0.15, 0.2) is 24.3 Å². The van der Waals surface area contributed by atoms with E-state index in [9.17, 15) is 10.1 Å². The van der Waals surface area contributed by atoms with Crippen LogP contribution in [0.5, 0.6) is 0 Å². The van der Waals surface area contributed by atoms with Gasteiger partial charge in [0.2, 0.25) is 0 Å². The Morgan fingerprint density at radius 1 is 1.21 bits per heavy atom. The van der Waals surface area contributed by atoms with Gasteiger partial charge in [-0.2, -0.15) is 0 Å². The first-order valence-electron chi connectivity index (χ1n) is 7.00. The van der Waals surface area contributed by atoms with Crippen molar-refractivity contribution in [1.82, 2.24) is 5.32 Å². The van der Waals surface area contributed by atoms with E-state index < -0.39 is 0 Å². The first kappa shape index (κ1) is 15.6. The molecule has 2 unspecified atom stereocenters. The number of nitrogens with zero attached hydrogens (tertiary/aromatic N) is 1. The van der Waals surface area contributed by atoms with Crippen molar-refractivity contribution < 1.29 is 4.92 Å². The van der Waals surface area contributed by atoms with Crippen LogP contribution in [0, 0.1) is 16.0 Å². The van der Waals surface area contributed by atoms with E-state index in [4.69, 9.17) is 0 Å². The van der Waals surface area contributed by atoms with Gasteiger partial charge in [0, 0.05) is 23.7 Å². The van der Waals surface area contributed by atoms with Crippen LogP contribution in [0.3, 0.4) is 0 Å². The van der Waals surface area contributed by atoms with Crippen molar-refractivity contribution in [3.8, 4) is 0 Å². The Hall–Kier alpha value is -1.42. The topological polar surface area (TPSA) is 55.2 Å². The number of nitro groups is 1. The van der Waals surface area contributed by atoms with E-state index >= 15 is 0 Å². The number of benzene rings is 1. The number of nitrogens with one attached hydrogen (secondary N) is 1.